The molecule has 6 heteroatoms. The molecule has 0 spiro atoms. The van der Waals surface area contributed by atoms with Gasteiger partial charge in [-0.2, -0.15) is 0 Å². The second kappa shape index (κ2) is 8.75. The number of furan rings is 1. The zero-order valence-corrected chi connectivity index (χ0v) is 16.0. The molecule has 1 aromatic heterocycles. The lowest BCUT2D eigenvalue weighted by Crippen LogP contribution is -2.34. The Morgan fingerprint density at radius 1 is 0.931 bits per heavy atom. The summed E-state index contributed by atoms with van der Waals surface area (Å²) in [5.41, 5.74) is 1.63. The van der Waals surface area contributed by atoms with Crippen molar-refractivity contribution in [3.63, 3.8) is 0 Å². The number of nitrogens with one attached hydrogen (secondary N) is 2. The highest BCUT2D eigenvalue weighted by Crippen LogP contribution is 2.28. The summed E-state index contributed by atoms with van der Waals surface area (Å²) < 4.78 is 5.42. The Hall–Kier alpha value is -3.38. The van der Waals surface area contributed by atoms with Crippen LogP contribution in [0.5, 0.6) is 0 Å². The third kappa shape index (κ3) is 5.12. The summed E-state index contributed by atoms with van der Waals surface area (Å²) in [5, 5.41) is 5.76. The van der Waals surface area contributed by atoms with E-state index in [0.29, 0.717) is 29.5 Å². The molecule has 1 aliphatic carbocycles. The first kappa shape index (κ1) is 19.0. The van der Waals surface area contributed by atoms with Crippen LogP contribution in [0.3, 0.4) is 0 Å². The largest absolute Gasteiger partial charge is 0.468 e. The summed E-state index contributed by atoms with van der Waals surface area (Å²) in [6.07, 6.45) is 3.82. The van der Waals surface area contributed by atoms with Gasteiger partial charge in [0.1, 0.15) is 5.76 Å². The van der Waals surface area contributed by atoms with Crippen LogP contribution in [0.4, 0.5) is 11.4 Å². The minimum atomic E-state index is -0.262. The Balaban J connectivity index is 1.42. The minimum absolute atomic E-state index is 0.150. The van der Waals surface area contributed by atoms with E-state index < -0.39 is 0 Å². The van der Waals surface area contributed by atoms with Crippen molar-refractivity contribution < 1.29 is 14.0 Å². The van der Waals surface area contributed by atoms with Crippen LogP contribution < -0.4 is 10.6 Å². The molecule has 2 amide bonds. The molecule has 0 bridgehead atoms. The van der Waals surface area contributed by atoms with Gasteiger partial charge in [0.2, 0.25) is 5.91 Å². The predicted octanol–water partition coefficient (Wildman–Crippen LogP) is 4.14. The first-order chi connectivity index (χ1) is 14.2. The first-order valence-electron chi connectivity index (χ1n) is 9.71. The van der Waals surface area contributed by atoms with E-state index in [2.05, 4.69) is 15.5 Å². The van der Waals surface area contributed by atoms with Gasteiger partial charge in [-0.3, -0.25) is 14.5 Å². The second-order valence-electron chi connectivity index (χ2n) is 7.13. The summed E-state index contributed by atoms with van der Waals surface area (Å²) in [5.74, 6) is 0.428. The SMILES string of the molecule is O=C(CN(Cc1ccco1)C1CC1)Nc1ccccc1C(=O)Nc1ccccc1. The lowest BCUT2D eigenvalue weighted by molar-refractivity contribution is -0.117. The molecule has 0 radical (unpaired) electrons. The third-order valence-electron chi connectivity index (χ3n) is 4.83. The van der Waals surface area contributed by atoms with Crippen molar-refractivity contribution in [2.45, 2.75) is 25.4 Å². The van der Waals surface area contributed by atoms with E-state index in [0.717, 1.165) is 18.6 Å². The number of para-hydroxylation sites is 2. The van der Waals surface area contributed by atoms with Crippen LogP contribution in [0.1, 0.15) is 29.0 Å². The molecular weight excluding hydrogens is 366 g/mol. The van der Waals surface area contributed by atoms with Crippen molar-refractivity contribution in [3.8, 4) is 0 Å². The number of carbonyl (C=O) groups excluding carboxylic acids is 2. The molecule has 1 saturated carbocycles. The highest BCUT2D eigenvalue weighted by molar-refractivity contribution is 6.10. The standard InChI is InChI=1S/C23H23N3O3/c27-22(16-26(18-12-13-18)15-19-9-6-14-29-19)25-21-11-5-4-10-20(21)23(28)24-17-7-2-1-3-8-17/h1-11,14,18H,12-13,15-16H2,(H,24,28)(H,25,27). The average molecular weight is 389 g/mol. The summed E-state index contributed by atoms with van der Waals surface area (Å²) in [6, 6.07) is 20.4. The lowest BCUT2D eigenvalue weighted by atomic mass is 10.1. The zero-order chi connectivity index (χ0) is 20.1. The minimum Gasteiger partial charge on any atom is -0.468 e. The van der Waals surface area contributed by atoms with Crippen molar-refractivity contribution in [1.29, 1.82) is 0 Å². The molecule has 0 saturated heterocycles. The van der Waals surface area contributed by atoms with E-state index in [1.54, 1.807) is 30.5 Å². The maximum Gasteiger partial charge on any atom is 0.257 e. The summed E-state index contributed by atoms with van der Waals surface area (Å²) in [6.45, 7) is 0.848. The number of hydrogen-bond donors (Lipinski definition) is 2. The molecule has 1 heterocycles. The van der Waals surface area contributed by atoms with Crippen LogP contribution in [-0.2, 0) is 11.3 Å². The lowest BCUT2D eigenvalue weighted by Gasteiger charge is -2.20. The van der Waals surface area contributed by atoms with Gasteiger partial charge in [-0.05, 0) is 49.2 Å². The molecular formula is C23H23N3O3. The Labute approximate surface area is 169 Å². The fraction of sp³-hybridized carbons (Fsp3) is 0.217. The summed E-state index contributed by atoms with van der Waals surface area (Å²) >= 11 is 0. The highest BCUT2D eigenvalue weighted by Gasteiger charge is 2.31. The van der Waals surface area contributed by atoms with Gasteiger partial charge in [0.25, 0.3) is 5.91 Å². The van der Waals surface area contributed by atoms with E-state index in [1.807, 2.05) is 42.5 Å². The molecule has 0 aliphatic heterocycles. The van der Waals surface area contributed by atoms with Crippen molar-refractivity contribution >= 4 is 23.2 Å². The van der Waals surface area contributed by atoms with E-state index in [4.69, 9.17) is 4.42 Å². The maximum absolute atomic E-state index is 12.7. The van der Waals surface area contributed by atoms with Gasteiger partial charge in [-0.25, -0.2) is 0 Å². The van der Waals surface area contributed by atoms with Crippen molar-refractivity contribution in [2.75, 3.05) is 17.2 Å². The third-order valence-corrected chi connectivity index (χ3v) is 4.83. The van der Waals surface area contributed by atoms with E-state index in [9.17, 15) is 9.59 Å². The van der Waals surface area contributed by atoms with Gasteiger partial charge in [-0.1, -0.05) is 30.3 Å². The van der Waals surface area contributed by atoms with Crippen LogP contribution in [0.15, 0.2) is 77.4 Å². The number of nitrogens with zero attached hydrogens (tertiary/aromatic N) is 1. The van der Waals surface area contributed by atoms with E-state index >= 15 is 0 Å². The Morgan fingerprint density at radius 2 is 1.69 bits per heavy atom. The normalized spacial score (nSPS) is 13.3. The maximum atomic E-state index is 12.7. The number of rotatable bonds is 8. The molecule has 0 atom stereocenters. The van der Waals surface area contributed by atoms with Gasteiger partial charge >= 0.3 is 0 Å². The van der Waals surface area contributed by atoms with E-state index in [1.165, 1.54) is 0 Å². The van der Waals surface area contributed by atoms with Crippen LogP contribution >= 0.6 is 0 Å². The van der Waals surface area contributed by atoms with Crippen molar-refractivity contribution in [3.05, 3.63) is 84.3 Å². The highest BCUT2D eigenvalue weighted by atomic mass is 16.3. The van der Waals surface area contributed by atoms with Crippen molar-refractivity contribution in [2.24, 2.45) is 0 Å². The van der Waals surface area contributed by atoms with Crippen molar-refractivity contribution in [1.82, 2.24) is 4.90 Å². The molecule has 4 rings (SSSR count). The average Bonchev–Trinajstić information content (AvgIpc) is 3.45. The Morgan fingerprint density at radius 3 is 2.41 bits per heavy atom. The predicted molar refractivity (Wildman–Crippen MR) is 112 cm³/mol. The molecule has 2 N–H and O–H groups in total. The first-order valence-corrected chi connectivity index (χ1v) is 9.71. The molecule has 148 valence electrons. The number of anilines is 2. The zero-order valence-electron chi connectivity index (χ0n) is 16.0. The Kier molecular flexibility index (Phi) is 5.72. The van der Waals surface area contributed by atoms with Gasteiger partial charge in [0.15, 0.2) is 0 Å². The molecule has 29 heavy (non-hydrogen) atoms. The molecule has 6 nitrogen and oxygen atoms in total. The molecule has 1 fully saturated rings. The number of carbonyl (C=O) groups is 2. The second-order valence-corrected chi connectivity index (χ2v) is 7.13. The fourth-order valence-corrected chi connectivity index (χ4v) is 3.24. The van der Waals surface area contributed by atoms with Gasteiger partial charge in [0, 0.05) is 11.7 Å². The van der Waals surface area contributed by atoms with Crippen LogP contribution in [0, 0.1) is 0 Å². The van der Waals surface area contributed by atoms with Gasteiger partial charge < -0.3 is 15.1 Å². The van der Waals surface area contributed by atoms with Crippen LogP contribution in [-0.4, -0.2) is 29.3 Å². The smallest absolute Gasteiger partial charge is 0.257 e. The quantitative estimate of drug-likeness (QED) is 0.607. The number of hydrogen-bond acceptors (Lipinski definition) is 4. The summed E-state index contributed by atoms with van der Waals surface area (Å²) in [7, 11) is 0. The molecule has 3 aromatic rings. The van der Waals surface area contributed by atoms with Crippen LogP contribution in [0.25, 0.3) is 0 Å². The van der Waals surface area contributed by atoms with Crippen LogP contribution in [0.2, 0.25) is 0 Å². The fourth-order valence-electron chi connectivity index (χ4n) is 3.24. The number of benzene rings is 2. The van der Waals surface area contributed by atoms with Gasteiger partial charge in [0.05, 0.1) is 30.6 Å². The Bertz CT molecular complexity index is 966. The van der Waals surface area contributed by atoms with Gasteiger partial charge in [-0.15, -0.1) is 0 Å². The topological polar surface area (TPSA) is 74.6 Å². The molecule has 1 aliphatic rings. The molecule has 2 aromatic carbocycles. The van der Waals surface area contributed by atoms with E-state index in [-0.39, 0.29) is 18.4 Å². The number of amides is 2. The monoisotopic (exact) mass is 389 g/mol. The summed E-state index contributed by atoms with van der Waals surface area (Å²) in [4.78, 5) is 27.5. The molecule has 0 unspecified atom stereocenters.